The van der Waals surface area contributed by atoms with E-state index < -0.39 is 0 Å². The van der Waals surface area contributed by atoms with Crippen LogP contribution in [-0.4, -0.2) is 26.3 Å². The summed E-state index contributed by atoms with van der Waals surface area (Å²) < 4.78 is 15.0. The number of aryl methyl sites for hydroxylation is 2. The molecule has 4 rings (SSSR count). The van der Waals surface area contributed by atoms with Gasteiger partial charge in [-0.3, -0.25) is 4.79 Å². The van der Waals surface area contributed by atoms with Gasteiger partial charge in [0.05, 0.1) is 17.0 Å². The number of hydrogen-bond donors (Lipinski definition) is 1. The molecule has 29 heavy (non-hydrogen) atoms. The van der Waals surface area contributed by atoms with Crippen molar-refractivity contribution in [1.29, 1.82) is 0 Å². The minimum atomic E-state index is -0.389. The molecule has 2 aromatic carbocycles. The molecule has 0 unspecified atom stereocenters. The lowest BCUT2D eigenvalue weighted by molar-refractivity contribution is -0.113. The summed E-state index contributed by atoms with van der Waals surface area (Å²) in [4.78, 5) is 16.6. The fraction of sp³-hybridized carbons (Fsp3) is 0.136. The molecule has 0 bridgehead atoms. The van der Waals surface area contributed by atoms with Crippen LogP contribution >= 0.6 is 11.8 Å². The minimum Gasteiger partial charge on any atom is -0.325 e. The van der Waals surface area contributed by atoms with E-state index in [0.717, 1.165) is 16.8 Å². The standard InChI is InChI=1S/C22H19FN4OS/c1-14-6-7-16(10-15(14)2)19-12-20-22(24-8-9-27(20)26-19)29-13-21(28)25-18-5-3-4-17(23)11-18/h3-12H,13H2,1-2H3,(H,25,28). The summed E-state index contributed by atoms with van der Waals surface area (Å²) in [5.41, 5.74) is 5.61. The lowest BCUT2D eigenvalue weighted by Gasteiger charge is -2.05. The first-order valence-corrected chi connectivity index (χ1v) is 10.1. The van der Waals surface area contributed by atoms with Crippen molar-refractivity contribution in [2.75, 3.05) is 11.1 Å². The highest BCUT2D eigenvalue weighted by Gasteiger charge is 2.12. The second-order valence-corrected chi connectivity index (χ2v) is 7.70. The van der Waals surface area contributed by atoms with Crippen LogP contribution in [0.1, 0.15) is 11.1 Å². The van der Waals surface area contributed by atoms with Crippen LogP contribution in [0.25, 0.3) is 16.8 Å². The Balaban J connectivity index is 1.52. The van der Waals surface area contributed by atoms with E-state index in [-0.39, 0.29) is 17.5 Å². The van der Waals surface area contributed by atoms with E-state index in [2.05, 4.69) is 47.4 Å². The fourth-order valence-electron chi connectivity index (χ4n) is 2.95. The maximum atomic E-state index is 13.3. The van der Waals surface area contributed by atoms with Gasteiger partial charge in [0.15, 0.2) is 0 Å². The Morgan fingerprint density at radius 2 is 2.00 bits per heavy atom. The average Bonchev–Trinajstić information content (AvgIpc) is 3.13. The topological polar surface area (TPSA) is 59.3 Å². The Morgan fingerprint density at radius 1 is 1.14 bits per heavy atom. The molecule has 4 aromatic rings. The van der Waals surface area contributed by atoms with E-state index in [9.17, 15) is 9.18 Å². The van der Waals surface area contributed by atoms with Gasteiger partial charge in [0.25, 0.3) is 0 Å². The zero-order chi connectivity index (χ0) is 20.4. The predicted molar refractivity (Wildman–Crippen MR) is 114 cm³/mol. The Kier molecular flexibility index (Phi) is 5.31. The zero-order valence-electron chi connectivity index (χ0n) is 16.0. The van der Waals surface area contributed by atoms with Crippen LogP contribution in [0, 0.1) is 19.7 Å². The number of aromatic nitrogens is 3. The van der Waals surface area contributed by atoms with Crippen molar-refractivity contribution in [3.63, 3.8) is 0 Å². The molecule has 1 N–H and O–H groups in total. The molecule has 7 heteroatoms. The molecule has 1 amide bonds. The van der Waals surface area contributed by atoms with E-state index >= 15 is 0 Å². The summed E-state index contributed by atoms with van der Waals surface area (Å²) >= 11 is 1.32. The molecule has 2 aromatic heterocycles. The van der Waals surface area contributed by atoms with Crippen LogP contribution in [0.4, 0.5) is 10.1 Å². The highest BCUT2D eigenvalue weighted by Crippen LogP contribution is 2.27. The summed E-state index contributed by atoms with van der Waals surface area (Å²) in [5.74, 6) is -0.453. The van der Waals surface area contributed by atoms with Gasteiger partial charge < -0.3 is 5.32 Å². The average molecular weight is 406 g/mol. The molecular formula is C22H19FN4OS. The van der Waals surface area contributed by atoms with Gasteiger partial charge in [-0.25, -0.2) is 13.9 Å². The van der Waals surface area contributed by atoms with Crippen LogP contribution in [0.5, 0.6) is 0 Å². The van der Waals surface area contributed by atoms with Crippen LogP contribution < -0.4 is 5.32 Å². The lowest BCUT2D eigenvalue weighted by atomic mass is 10.0. The maximum absolute atomic E-state index is 13.3. The van der Waals surface area contributed by atoms with Crippen molar-refractivity contribution in [1.82, 2.24) is 14.6 Å². The Bertz CT molecular complexity index is 1200. The van der Waals surface area contributed by atoms with Gasteiger partial charge in [-0.1, -0.05) is 30.0 Å². The molecule has 0 aliphatic rings. The van der Waals surface area contributed by atoms with E-state index in [1.54, 1.807) is 29.0 Å². The SMILES string of the molecule is Cc1ccc(-c2cc3c(SCC(=O)Nc4cccc(F)c4)nccn3n2)cc1C. The molecular weight excluding hydrogens is 387 g/mol. The van der Waals surface area contributed by atoms with Crippen molar-refractivity contribution in [3.05, 3.63) is 77.9 Å². The molecule has 0 saturated heterocycles. The van der Waals surface area contributed by atoms with E-state index in [1.165, 1.54) is 35.0 Å². The van der Waals surface area contributed by atoms with Crippen molar-refractivity contribution >= 4 is 28.9 Å². The molecule has 0 spiro atoms. The number of carbonyl (C=O) groups is 1. The quantitative estimate of drug-likeness (QED) is 0.480. The van der Waals surface area contributed by atoms with Crippen LogP contribution in [0.15, 0.2) is 66.0 Å². The maximum Gasteiger partial charge on any atom is 0.234 e. The van der Waals surface area contributed by atoms with Crippen molar-refractivity contribution in [2.24, 2.45) is 0 Å². The number of hydrogen-bond acceptors (Lipinski definition) is 4. The van der Waals surface area contributed by atoms with Gasteiger partial charge in [0.2, 0.25) is 5.91 Å². The number of benzene rings is 2. The molecule has 0 fully saturated rings. The number of fused-ring (bicyclic) bond motifs is 1. The third kappa shape index (κ3) is 4.30. The third-order valence-corrected chi connectivity index (χ3v) is 5.60. The van der Waals surface area contributed by atoms with Crippen molar-refractivity contribution < 1.29 is 9.18 Å². The first-order valence-electron chi connectivity index (χ1n) is 9.10. The van der Waals surface area contributed by atoms with Crippen molar-refractivity contribution in [2.45, 2.75) is 18.9 Å². The minimum absolute atomic E-state index is 0.160. The summed E-state index contributed by atoms with van der Waals surface area (Å²) in [6.07, 6.45) is 3.45. The fourth-order valence-corrected chi connectivity index (χ4v) is 3.72. The predicted octanol–water partition coefficient (Wildman–Crippen LogP) is 4.88. The number of anilines is 1. The third-order valence-electron chi connectivity index (χ3n) is 4.61. The molecule has 0 radical (unpaired) electrons. The van der Waals surface area contributed by atoms with Gasteiger partial charge in [0, 0.05) is 23.6 Å². The van der Waals surface area contributed by atoms with Gasteiger partial charge >= 0.3 is 0 Å². The second-order valence-electron chi connectivity index (χ2n) is 6.74. The number of halogens is 1. The molecule has 2 heterocycles. The van der Waals surface area contributed by atoms with Gasteiger partial charge in [-0.15, -0.1) is 0 Å². The first-order chi connectivity index (χ1) is 14.0. The molecule has 0 aliphatic carbocycles. The first kappa shape index (κ1) is 19.1. The summed E-state index contributed by atoms with van der Waals surface area (Å²) in [7, 11) is 0. The largest absolute Gasteiger partial charge is 0.325 e. The van der Waals surface area contributed by atoms with Gasteiger partial charge in [-0.2, -0.15) is 5.10 Å². The monoisotopic (exact) mass is 406 g/mol. The number of nitrogens with one attached hydrogen (secondary N) is 1. The van der Waals surface area contributed by atoms with Crippen molar-refractivity contribution in [3.8, 4) is 11.3 Å². The van der Waals surface area contributed by atoms with Crippen LogP contribution in [-0.2, 0) is 4.79 Å². The molecule has 0 aliphatic heterocycles. The van der Waals surface area contributed by atoms with E-state index in [4.69, 9.17) is 0 Å². The Hall–Kier alpha value is -3.19. The number of nitrogens with zero attached hydrogens (tertiary/aromatic N) is 3. The number of amides is 1. The second kappa shape index (κ2) is 8.05. The summed E-state index contributed by atoms with van der Waals surface area (Å²) in [6, 6.07) is 14.1. The van der Waals surface area contributed by atoms with Crippen LogP contribution in [0.2, 0.25) is 0 Å². The molecule has 0 saturated carbocycles. The van der Waals surface area contributed by atoms with E-state index in [1.807, 2.05) is 6.07 Å². The number of rotatable bonds is 5. The molecule has 5 nitrogen and oxygen atoms in total. The smallest absolute Gasteiger partial charge is 0.234 e. The van der Waals surface area contributed by atoms with Gasteiger partial charge in [-0.05, 0) is 55.3 Å². The number of carbonyl (C=O) groups excluding carboxylic acids is 1. The Morgan fingerprint density at radius 3 is 2.79 bits per heavy atom. The zero-order valence-corrected chi connectivity index (χ0v) is 16.8. The number of thioether (sulfide) groups is 1. The lowest BCUT2D eigenvalue weighted by Crippen LogP contribution is -2.14. The molecule has 146 valence electrons. The summed E-state index contributed by atoms with van der Waals surface area (Å²) in [5, 5.41) is 8.05. The highest BCUT2D eigenvalue weighted by molar-refractivity contribution is 8.00. The van der Waals surface area contributed by atoms with Crippen LogP contribution in [0.3, 0.4) is 0 Å². The Labute approximate surface area is 172 Å². The summed E-state index contributed by atoms with van der Waals surface area (Å²) in [6.45, 7) is 4.16. The molecule has 0 atom stereocenters. The van der Waals surface area contributed by atoms with Gasteiger partial charge in [0.1, 0.15) is 10.8 Å². The highest BCUT2D eigenvalue weighted by atomic mass is 32.2. The van der Waals surface area contributed by atoms with E-state index in [0.29, 0.717) is 10.7 Å². The normalized spacial score (nSPS) is 11.0.